The fourth-order valence-corrected chi connectivity index (χ4v) is 4.09. The quantitative estimate of drug-likeness (QED) is 0.467. The molecule has 31 heavy (non-hydrogen) atoms. The van der Waals surface area contributed by atoms with Gasteiger partial charge in [0.25, 0.3) is 11.1 Å². The molecule has 160 valence electrons. The summed E-state index contributed by atoms with van der Waals surface area (Å²) in [5.41, 5.74) is 0.372. The molecule has 4 aromatic rings. The third-order valence-electron chi connectivity index (χ3n) is 5.87. The highest BCUT2D eigenvalue weighted by Gasteiger charge is 2.24. The maximum atomic E-state index is 12.7. The van der Waals surface area contributed by atoms with Gasteiger partial charge in [0.15, 0.2) is 11.5 Å². The lowest BCUT2D eigenvalue weighted by molar-refractivity contribution is 0.331. The van der Waals surface area contributed by atoms with E-state index in [4.69, 9.17) is 4.98 Å². The average molecular weight is 421 g/mol. The van der Waals surface area contributed by atoms with Gasteiger partial charge in [0, 0.05) is 52.2 Å². The van der Waals surface area contributed by atoms with Gasteiger partial charge < -0.3 is 4.90 Å². The van der Waals surface area contributed by atoms with Crippen molar-refractivity contribution in [1.82, 2.24) is 38.9 Å². The predicted octanol–water partition coefficient (Wildman–Crippen LogP) is 0.326. The van der Waals surface area contributed by atoms with Gasteiger partial charge in [0.05, 0.1) is 6.20 Å². The Morgan fingerprint density at radius 3 is 2.65 bits per heavy atom. The van der Waals surface area contributed by atoms with Gasteiger partial charge in [0.1, 0.15) is 5.39 Å². The Morgan fingerprint density at radius 2 is 1.90 bits per heavy atom. The zero-order valence-electron chi connectivity index (χ0n) is 17.4. The minimum Gasteiger partial charge on any atom is -0.342 e. The molecule has 0 radical (unpaired) electrons. The van der Waals surface area contributed by atoms with Gasteiger partial charge in [-0.05, 0) is 30.9 Å². The van der Waals surface area contributed by atoms with E-state index < -0.39 is 0 Å². The van der Waals surface area contributed by atoms with Gasteiger partial charge in [0.2, 0.25) is 5.95 Å². The molecule has 0 saturated carbocycles. The van der Waals surface area contributed by atoms with Crippen LogP contribution < -0.4 is 16.0 Å². The Balaban J connectivity index is 1.33. The Labute approximate surface area is 177 Å². The monoisotopic (exact) mass is 421 g/mol. The van der Waals surface area contributed by atoms with E-state index in [1.54, 1.807) is 52.7 Å². The van der Waals surface area contributed by atoms with Crippen LogP contribution >= 0.6 is 0 Å². The van der Waals surface area contributed by atoms with Crippen LogP contribution in [0.15, 0.2) is 46.4 Å². The zero-order chi connectivity index (χ0) is 21.5. The molecule has 0 amide bonds. The van der Waals surface area contributed by atoms with E-state index in [2.05, 4.69) is 20.2 Å². The zero-order valence-corrected chi connectivity index (χ0v) is 17.4. The minimum atomic E-state index is -0.121. The van der Waals surface area contributed by atoms with E-state index in [-0.39, 0.29) is 11.1 Å². The Morgan fingerprint density at radius 1 is 1.10 bits per heavy atom. The smallest absolute Gasteiger partial charge is 0.266 e. The molecule has 11 nitrogen and oxygen atoms in total. The third kappa shape index (κ3) is 3.41. The lowest BCUT2D eigenvalue weighted by Gasteiger charge is -2.33. The van der Waals surface area contributed by atoms with Gasteiger partial charge in [-0.2, -0.15) is 15.2 Å². The Kier molecular flexibility index (Phi) is 4.64. The number of rotatable bonds is 4. The van der Waals surface area contributed by atoms with E-state index >= 15 is 0 Å². The predicted molar refractivity (Wildman–Crippen MR) is 114 cm³/mol. The first-order chi connectivity index (χ1) is 15.0. The van der Waals surface area contributed by atoms with Crippen LogP contribution in [0, 0.1) is 5.92 Å². The standard InChI is InChI=1S/C20H23N9O2/c1-25-19(31)15-12-22-26(2)18(15)23-20(25)27-10-6-14(7-11-27)13-29-17(30)5-4-16(24-29)28-9-3-8-21-28/h3-5,8-9,12,14H,6-7,10-11,13H2,1-2H3. The van der Waals surface area contributed by atoms with E-state index in [1.807, 2.05) is 6.07 Å². The van der Waals surface area contributed by atoms with Crippen molar-refractivity contribution in [3.63, 3.8) is 0 Å². The number of nitrogens with zero attached hydrogens (tertiary/aromatic N) is 9. The first kappa shape index (κ1) is 19.2. The summed E-state index contributed by atoms with van der Waals surface area (Å²) in [5, 5.41) is 13.3. The fraction of sp³-hybridized carbons (Fsp3) is 0.400. The van der Waals surface area contributed by atoms with Crippen LogP contribution in [0.3, 0.4) is 0 Å². The molecule has 0 spiro atoms. The van der Waals surface area contributed by atoms with Crippen LogP contribution in [-0.2, 0) is 20.6 Å². The van der Waals surface area contributed by atoms with E-state index in [0.717, 1.165) is 25.9 Å². The van der Waals surface area contributed by atoms with Crippen molar-refractivity contribution in [2.75, 3.05) is 18.0 Å². The van der Waals surface area contributed by atoms with E-state index in [0.29, 0.717) is 35.3 Å². The Hall–Kier alpha value is -3.76. The van der Waals surface area contributed by atoms with Gasteiger partial charge in [-0.15, -0.1) is 5.10 Å². The van der Waals surface area contributed by atoms with Crippen LogP contribution in [0.1, 0.15) is 12.8 Å². The van der Waals surface area contributed by atoms with Crippen molar-refractivity contribution in [3.8, 4) is 5.82 Å². The molecular weight excluding hydrogens is 398 g/mol. The first-order valence-corrected chi connectivity index (χ1v) is 10.2. The highest BCUT2D eigenvalue weighted by atomic mass is 16.1. The van der Waals surface area contributed by atoms with Crippen molar-refractivity contribution in [2.24, 2.45) is 20.0 Å². The number of anilines is 1. The van der Waals surface area contributed by atoms with Gasteiger partial charge in [-0.3, -0.25) is 18.8 Å². The van der Waals surface area contributed by atoms with Crippen LogP contribution in [0.4, 0.5) is 5.95 Å². The molecule has 0 aliphatic carbocycles. The second kappa shape index (κ2) is 7.49. The maximum absolute atomic E-state index is 12.7. The molecule has 4 aromatic heterocycles. The van der Waals surface area contributed by atoms with Crippen molar-refractivity contribution in [3.05, 3.63) is 57.5 Å². The van der Waals surface area contributed by atoms with Crippen molar-refractivity contribution < 1.29 is 0 Å². The molecule has 0 bridgehead atoms. The number of hydrogen-bond acceptors (Lipinski definition) is 7. The molecule has 5 heterocycles. The average Bonchev–Trinajstić information content (AvgIpc) is 3.43. The van der Waals surface area contributed by atoms with Crippen molar-refractivity contribution >= 4 is 17.0 Å². The van der Waals surface area contributed by atoms with Gasteiger partial charge >= 0.3 is 0 Å². The molecule has 5 rings (SSSR count). The van der Waals surface area contributed by atoms with Crippen molar-refractivity contribution in [1.29, 1.82) is 0 Å². The SMILES string of the molecule is Cn1c(N2CCC(Cn3nc(-n4cccn4)ccc3=O)CC2)nc2c(cnn2C)c1=O. The van der Waals surface area contributed by atoms with Crippen LogP contribution in [0.2, 0.25) is 0 Å². The molecule has 11 heteroatoms. The summed E-state index contributed by atoms with van der Waals surface area (Å²) in [6.45, 7) is 2.05. The Bertz CT molecular complexity index is 1340. The molecule has 0 unspecified atom stereocenters. The number of hydrogen-bond donors (Lipinski definition) is 0. The molecule has 1 aliphatic rings. The molecule has 1 saturated heterocycles. The van der Waals surface area contributed by atoms with Crippen molar-refractivity contribution in [2.45, 2.75) is 19.4 Å². The third-order valence-corrected chi connectivity index (χ3v) is 5.87. The van der Waals surface area contributed by atoms with Gasteiger partial charge in [-0.1, -0.05) is 0 Å². The lowest BCUT2D eigenvalue weighted by atomic mass is 9.97. The van der Waals surface area contributed by atoms with Crippen LogP contribution in [0.5, 0.6) is 0 Å². The lowest BCUT2D eigenvalue weighted by Crippen LogP contribution is -2.40. The summed E-state index contributed by atoms with van der Waals surface area (Å²) in [6, 6.07) is 5.02. The normalized spacial score (nSPS) is 15.1. The van der Waals surface area contributed by atoms with Crippen LogP contribution in [-0.4, -0.2) is 52.0 Å². The molecular formula is C20H23N9O2. The number of aromatic nitrogens is 8. The number of fused-ring (bicyclic) bond motifs is 1. The molecule has 1 fully saturated rings. The van der Waals surface area contributed by atoms with Crippen LogP contribution in [0.25, 0.3) is 16.9 Å². The number of aryl methyl sites for hydroxylation is 1. The largest absolute Gasteiger partial charge is 0.342 e. The highest BCUT2D eigenvalue weighted by molar-refractivity contribution is 5.74. The highest BCUT2D eigenvalue weighted by Crippen LogP contribution is 2.23. The summed E-state index contributed by atoms with van der Waals surface area (Å²) in [4.78, 5) is 31.8. The summed E-state index contributed by atoms with van der Waals surface area (Å²) in [6.07, 6.45) is 6.78. The second-order valence-electron chi connectivity index (χ2n) is 7.87. The first-order valence-electron chi connectivity index (χ1n) is 10.2. The van der Waals surface area contributed by atoms with Gasteiger partial charge in [-0.25, -0.2) is 9.36 Å². The molecule has 0 atom stereocenters. The second-order valence-corrected chi connectivity index (χ2v) is 7.87. The summed E-state index contributed by atoms with van der Waals surface area (Å²) in [5.74, 6) is 1.58. The summed E-state index contributed by atoms with van der Waals surface area (Å²) < 4.78 is 6.37. The summed E-state index contributed by atoms with van der Waals surface area (Å²) >= 11 is 0. The molecule has 0 aromatic carbocycles. The van der Waals surface area contributed by atoms with E-state index in [9.17, 15) is 9.59 Å². The fourth-order valence-electron chi connectivity index (χ4n) is 4.09. The number of piperidine rings is 1. The topological polar surface area (TPSA) is 109 Å². The summed E-state index contributed by atoms with van der Waals surface area (Å²) in [7, 11) is 3.53. The van der Waals surface area contributed by atoms with E-state index in [1.165, 1.54) is 10.7 Å². The maximum Gasteiger partial charge on any atom is 0.266 e. The minimum absolute atomic E-state index is 0.0959. The molecule has 1 aliphatic heterocycles. The molecule has 0 N–H and O–H groups in total.